The molecule has 0 saturated heterocycles. The summed E-state index contributed by atoms with van der Waals surface area (Å²) < 4.78 is 5.77. The Kier molecular flexibility index (Phi) is 5.87. The van der Waals surface area contributed by atoms with Gasteiger partial charge in [0.15, 0.2) is 0 Å². The Labute approximate surface area is 121 Å². The number of rotatable bonds is 4. The lowest BCUT2D eigenvalue weighted by molar-refractivity contribution is 0.306. The van der Waals surface area contributed by atoms with Gasteiger partial charge >= 0.3 is 0 Å². The van der Waals surface area contributed by atoms with Gasteiger partial charge in [-0.05, 0) is 37.1 Å². The second-order valence-electron chi connectivity index (χ2n) is 4.64. The molecular formula is C16H20ClNO. The SMILES string of the molecule is Cc1ccc(COc2cccc(C(C)N)c2)cc1.Cl. The summed E-state index contributed by atoms with van der Waals surface area (Å²) in [5, 5.41) is 0. The predicted octanol–water partition coefficient (Wildman–Crippen LogP) is 4.02. The Hall–Kier alpha value is -1.51. The molecule has 0 spiro atoms. The maximum absolute atomic E-state index is 5.85. The number of halogens is 1. The van der Waals surface area contributed by atoms with Gasteiger partial charge in [0.2, 0.25) is 0 Å². The molecule has 0 aliphatic rings. The molecule has 1 atom stereocenters. The minimum atomic E-state index is 0. The molecule has 0 aromatic heterocycles. The van der Waals surface area contributed by atoms with Gasteiger partial charge in [-0.15, -0.1) is 12.4 Å². The fourth-order valence-corrected chi connectivity index (χ4v) is 1.74. The summed E-state index contributed by atoms with van der Waals surface area (Å²) in [6.45, 7) is 4.64. The molecule has 0 aliphatic carbocycles. The highest BCUT2D eigenvalue weighted by molar-refractivity contribution is 5.85. The second kappa shape index (κ2) is 7.17. The first-order valence-corrected chi connectivity index (χ1v) is 6.19. The van der Waals surface area contributed by atoms with Crippen LogP contribution in [0, 0.1) is 6.92 Å². The highest BCUT2D eigenvalue weighted by Crippen LogP contribution is 2.18. The van der Waals surface area contributed by atoms with Crippen molar-refractivity contribution in [2.45, 2.75) is 26.5 Å². The summed E-state index contributed by atoms with van der Waals surface area (Å²) in [7, 11) is 0. The second-order valence-corrected chi connectivity index (χ2v) is 4.64. The van der Waals surface area contributed by atoms with E-state index in [-0.39, 0.29) is 18.4 Å². The summed E-state index contributed by atoms with van der Waals surface area (Å²) in [4.78, 5) is 0. The topological polar surface area (TPSA) is 35.2 Å². The normalized spacial score (nSPS) is 11.5. The average Bonchev–Trinajstić information content (AvgIpc) is 2.38. The van der Waals surface area contributed by atoms with Crippen LogP contribution in [0.15, 0.2) is 48.5 Å². The first-order valence-electron chi connectivity index (χ1n) is 6.19. The summed E-state index contributed by atoms with van der Waals surface area (Å²) in [5.41, 5.74) is 9.38. The lowest BCUT2D eigenvalue weighted by atomic mass is 10.1. The fourth-order valence-electron chi connectivity index (χ4n) is 1.74. The van der Waals surface area contributed by atoms with Crippen molar-refractivity contribution < 1.29 is 4.74 Å². The third-order valence-corrected chi connectivity index (χ3v) is 2.91. The van der Waals surface area contributed by atoms with Crippen LogP contribution < -0.4 is 10.5 Å². The predicted molar refractivity (Wildman–Crippen MR) is 81.8 cm³/mol. The van der Waals surface area contributed by atoms with Crippen LogP contribution in [0.3, 0.4) is 0 Å². The van der Waals surface area contributed by atoms with Crippen LogP contribution in [0.5, 0.6) is 5.75 Å². The molecule has 19 heavy (non-hydrogen) atoms. The molecule has 0 fully saturated rings. The molecule has 0 heterocycles. The van der Waals surface area contributed by atoms with E-state index in [1.165, 1.54) is 11.1 Å². The maximum atomic E-state index is 5.85. The van der Waals surface area contributed by atoms with Gasteiger partial charge in [0.05, 0.1) is 0 Å². The van der Waals surface area contributed by atoms with E-state index in [0.29, 0.717) is 6.61 Å². The number of hydrogen-bond acceptors (Lipinski definition) is 2. The lowest BCUT2D eigenvalue weighted by Gasteiger charge is -2.10. The van der Waals surface area contributed by atoms with Gasteiger partial charge in [0, 0.05) is 6.04 Å². The van der Waals surface area contributed by atoms with Gasteiger partial charge in [0.25, 0.3) is 0 Å². The highest BCUT2D eigenvalue weighted by atomic mass is 35.5. The molecule has 1 unspecified atom stereocenters. The van der Waals surface area contributed by atoms with Gasteiger partial charge < -0.3 is 10.5 Å². The third-order valence-electron chi connectivity index (χ3n) is 2.91. The van der Waals surface area contributed by atoms with E-state index in [4.69, 9.17) is 10.5 Å². The Balaban J connectivity index is 0.00000180. The first kappa shape index (κ1) is 15.5. The molecule has 2 aromatic carbocycles. The highest BCUT2D eigenvalue weighted by Gasteiger charge is 2.01. The largest absolute Gasteiger partial charge is 0.489 e. The number of ether oxygens (including phenoxy) is 1. The average molecular weight is 278 g/mol. The van der Waals surface area contributed by atoms with Crippen LogP contribution in [0.25, 0.3) is 0 Å². The van der Waals surface area contributed by atoms with Gasteiger partial charge in [-0.25, -0.2) is 0 Å². The van der Waals surface area contributed by atoms with E-state index in [1.807, 2.05) is 31.2 Å². The molecule has 102 valence electrons. The van der Waals surface area contributed by atoms with Crippen molar-refractivity contribution in [3.8, 4) is 5.75 Å². The molecule has 2 nitrogen and oxygen atoms in total. The summed E-state index contributed by atoms with van der Waals surface area (Å²) >= 11 is 0. The minimum Gasteiger partial charge on any atom is -0.489 e. The fraction of sp³-hybridized carbons (Fsp3) is 0.250. The summed E-state index contributed by atoms with van der Waals surface area (Å²) in [6.07, 6.45) is 0. The molecule has 0 bridgehead atoms. The molecule has 2 N–H and O–H groups in total. The standard InChI is InChI=1S/C16H19NO.ClH/c1-12-6-8-14(9-7-12)11-18-16-5-3-4-15(10-16)13(2)17;/h3-10,13H,11,17H2,1-2H3;1H. The van der Waals surface area contributed by atoms with E-state index in [2.05, 4.69) is 31.2 Å². The van der Waals surface area contributed by atoms with Crippen LogP contribution in [0.2, 0.25) is 0 Å². The molecule has 3 heteroatoms. The smallest absolute Gasteiger partial charge is 0.120 e. The Morgan fingerprint density at radius 1 is 1.11 bits per heavy atom. The molecular weight excluding hydrogens is 258 g/mol. The number of aryl methyl sites for hydroxylation is 1. The monoisotopic (exact) mass is 277 g/mol. The molecule has 0 amide bonds. The van der Waals surface area contributed by atoms with Crippen LogP contribution in [0.4, 0.5) is 0 Å². The van der Waals surface area contributed by atoms with E-state index in [9.17, 15) is 0 Å². The van der Waals surface area contributed by atoms with Crippen LogP contribution in [-0.4, -0.2) is 0 Å². The van der Waals surface area contributed by atoms with Crippen molar-refractivity contribution in [1.82, 2.24) is 0 Å². The van der Waals surface area contributed by atoms with Gasteiger partial charge in [-0.3, -0.25) is 0 Å². The zero-order chi connectivity index (χ0) is 13.0. The van der Waals surface area contributed by atoms with Gasteiger partial charge in [0.1, 0.15) is 12.4 Å². The van der Waals surface area contributed by atoms with E-state index in [0.717, 1.165) is 11.3 Å². The number of nitrogens with two attached hydrogens (primary N) is 1. The Morgan fingerprint density at radius 3 is 2.42 bits per heavy atom. The molecule has 0 saturated carbocycles. The Bertz CT molecular complexity index is 508. The van der Waals surface area contributed by atoms with E-state index < -0.39 is 0 Å². The van der Waals surface area contributed by atoms with Crippen LogP contribution in [0.1, 0.15) is 29.7 Å². The van der Waals surface area contributed by atoms with Gasteiger partial charge in [-0.1, -0.05) is 42.0 Å². The van der Waals surface area contributed by atoms with Crippen molar-refractivity contribution >= 4 is 12.4 Å². The van der Waals surface area contributed by atoms with Crippen molar-refractivity contribution in [2.24, 2.45) is 5.73 Å². The third kappa shape index (κ3) is 4.58. The van der Waals surface area contributed by atoms with Crippen LogP contribution in [-0.2, 0) is 6.61 Å². The number of hydrogen-bond donors (Lipinski definition) is 1. The van der Waals surface area contributed by atoms with Crippen LogP contribution >= 0.6 is 12.4 Å². The molecule has 2 rings (SSSR count). The van der Waals surface area contributed by atoms with E-state index >= 15 is 0 Å². The molecule has 0 radical (unpaired) electrons. The minimum absolute atomic E-state index is 0. The van der Waals surface area contributed by atoms with Crippen molar-refractivity contribution in [1.29, 1.82) is 0 Å². The lowest BCUT2D eigenvalue weighted by Crippen LogP contribution is -2.05. The van der Waals surface area contributed by atoms with E-state index in [1.54, 1.807) is 0 Å². The summed E-state index contributed by atoms with van der Waals surface area (Å²) in [5.74, 6) is 0.866. The summed E-state index contributed by atoms with van der Waals surface area (Å²) in [6, 6.07) is 16.3. The Morgan fingerprint density at radius 2 is 1.79 bits per heavy atom. The first-order chi connectivity index (χ1) is 8.65. The zero-order valence-corrected chi connectivity index (χ0v) is 12.1. The quantitative estimate of drug-likeness (QED) is 0.916. The molecule has 0 aliphatic heterocycles. The number of benzene rings is 2. The van der Waals surface area contributed by atoms with Crippen molar-refractivity contribution in [3.05, 3.63) is 65.2 Å². The maximum Gasteiger partial charge on any atom is 0.120 e. The van der Waals surface area contributed by atoms with Crippen molar-refractivity contribution in [3.63, 3.8) is 0 Å². The van der Waals surface area contributed by atoms with Crippen molar-refractivity contribution in [2.75, 3.05) is 0 Å². The van der Waals surface area contributed by atoms with Gasteiger partial charge in [-0.2, -0.15) is 0 Å². The molecule has 2 aromatic rings. The zero-order valence-electron chi connectivity index (χ0n) is 11.3.